The smallest absolute Gasteiger partial charge is 0.410 e. The Bertz CT molecular complexity index is 858. The van der Waals surface area contributed by atoms with Gasteiger partial charge in [-0.15, -0.1) is 0 Å². The molecule has 1 aromatic heterocycles. The first-order valence-corrected chi connectivity index (χ1v) is 10.2. The number of aromatic nitrogens is 1. The van der Waals surface area contributed by atoms with Gasteiger partial charge >= 0.3 is 6.09 Å². The highest BCUT2D eigenvalue weighted by atomic mass is 16.6. The van der Waals surface area contributed by atoms with Crippen molar-refractivity contribution in [3.05, 3.63) is 59.4 Å². The summed E-state index contributed by atoms with van der Waals surface area (Å²) >= 11 is 0. The Morgan fingerprint density at radius 3 is 2.52 bits per heavy atom. The number of likely N-dealkylation sites (tertiary alicyclic amines) is 1. The van der Waals surface area contributed by atoms with Crippen LogP contribution in [-0.2, 0) is 11.3 Å². The highest BCUT2D eigenvalue weighted by Gasteiger charge is 2.28. The van der Waals surface area contributed by atoms with Crippen molar-refractivity contribution in [1.29, 1.82) is 0 Å². The molecule has 2 aromatic rings. The van der Waals surface area contributed by atoms with Gasteiger partial charge in [0.15, 0.2) is 0 Å². The van der Waals surface area contributed by atoms with Crippen LogP contribution in [0.15, 0.2) is 42.6 Å². The van der Waals surface area contributed by atoms with Crippen LogP contribution in [0, 0.1) is 6.92 Å². The zero-order chi connectivity index (χ0) is 21.0. The average molecular weight is 398 g/mol. The Morgan fingerprint density at radius 1 is 1.14 bits per heavy atom. The number of rotatable bonds is 4. The first-order valence-electron chi connectivity index (χ1n) is 10.2. The van der Waals surface area contributed by atoms with Crippen molar-refractivity contribution in [3.8, 4) is 0 Å². The summed E-state index contributed by atoms with van der Waals surface area (Å²) in [6.07, 6.45) is 3.28. The number of nitrogens with zero attached hydrogens (tertiary/aromatic N) is 2. The van der Waals surface area contributed by atoms with Crippen LogP contribution in [0.3, 0.4) is 0 Å². The maximum Gasteiger partial charge on any atom is 0.410 e. The van der Waals surface area contributed by atoms with Crippen LogP contribution in [0.1, 0.15) is 61.3 Å². The minimum absolute atomic E-state index is 0.0777. The summed E-state index contributed by atoms with van der Waals surface area (Å²) in [6.45, 7) is 9.42. The van der Waals surface area contributed by atoms with Crippen LogP contribution in [0.25, 0.3) is 0 Å². The number of piperidine rings is 1. The number of hydrogen-bond donors (Lipinski definition) is 1. The van der Waals surface area contributed by atoms with Gasteiger partial charge in [-0.3, -0.25) is 4.79 Å². The molecule has 1 fully saturated rings. The molecule has 1 saturated heterocycles. The maximum absolute atomic E-state index is 12.7. The molecular weight excluding hydrogens is 366 g/mol. The van der Waals surface area contributed by atoms with Gasteiger partial charge in [-0.1, -0.05) is 29.8 Å². The van der Waals surface area contributed by atoms with Crippen molar-refractivity contribution in [2.24, 2.45) is 0 Å². The summed E-state index contributed by atoms with van der Waals surface area (Å²) in [5, 5.41) is 3.02. The molecule has 0 bridgehead atoms. The number of aryl methyl sites for hydroxylation is 1. The summed E-state index contributed by atoms with van der Waals surface area (Å²) in [4.78, 5) is 26.8. The Morgan fingerprint density at radius 2 is 1.86 bits per heavy atom. The molecule has 1 aromatic carbocycles. The quantitative estimate of drug-likeness (QED) is 0.837. The number of ether oxygens (including phenoxy) is 1. The van der Waals surface area contributed by atoms with Gasteiger partial charge in [0.2, 0.25) is 0 Å². The highest BCUT2D eigenvalue weighted by molar-refractivity contribution is 5.92. The SMILES string of the molecule is Cc1cccc(CNC(=O)c2cccn2C2CCN(C(=O)OC(C)(C)C)CC2)c1. The molecule has 1 aliphatic heterocycles. The molecule has 1 aliphatic rings. The summed E-state index contributed by atoms with van der Waals surface area (Å²) < 4.78 is 7.50. The van der Waals surface area contributed by atoms with Crippen LogP contribution < -0.4 is 5.32 Å². The maximum atomic E-state index is 12.7. The molecule has 156 valence electrons. The fourth-order valence-electron chi connectivity index (χ4n) is 3.65. The summed E-state index contributed by atoms with van der Waals surface area (Å²) in [7, 11) is 0. The van der Waals surface area contributed by atoms with E-state index >= 15 is 0 Å². The van der Waals surface area contributed by atoms with Crippen LogP contribution in [0.5, 0.6) is 0 Å². The van der Waals surface area contributed by atoms with E-state index in [2.05, 4.69) is 11.4 Å². The summed E-state index contributed by atoms with van der Waals surface area (Å²) in [5.41, 5.74) is 2.43. The molecule has 0 unspecified atom stereocenters. The largest absolute Gasteiger partial charge is 0.444 e. The molecule has 0 atom stereocenters. The minimum atomic E-state index is -0.489. The van der Waals surface area contributed by atoms with Crippen molar-refractivity contribution in [2.75, 3.05) is 13.1 Å². The van der Waals surface area contributed by atoms with E-state index in [1.54, 1.807) is 4.90 Å². The van der Waals surface area contributed by atoms with E-state index in [0.29, 0.717) is 25.3 Å². The zero-order valence-electron chi connectivity index (χ0n) is 17.8. The van der Waals surface area contributed by atoms with Gasteiger partial charge in [0.05, 0.1) is 0 Å². The molecule has 1 N–H and O–H groups in total. The van der Waals surface area contributed by atoms with E-state index in [-0.39, 0.29) is 18.0 Å². The Hall–Kier alpha value is -2.76. The lowest BCUT2D eigenvalue weighted by Gasteiger charge is -2.34. The van der Waals surface area contributed by atoms with E-state index in [9.17, 15) is 9.59 Å². The summed E-state index contributed by atoms with van der Waals surface area (Å²) in [6, 6.07) is 12.1. The van der Waals surface area contributed by atoms with Crippen molar-refractivity contribution < 1.29 is 14.3 Å². The molecule has 0 radical (unpaired) electrons. The van der Waals surface area contributed by atoms with E-state index in [0.717, 1.165) is 18.4 Å². The Kier molecular flexibility index (Phi) is 6.30. The lowest BCUT2D eigenvalue weighted by molar-refractivity contribution is 0.0187. The number of amides is 2. The van der Waals surface area contributed by atoms with Crippen LogP contribution in [0.2, 0.25) is 0 Å². The fourth-order valence-corrected chi connectivity index (χ4v) is 3.65. The lowest BCUT2D eigenvalue weighted by Crippen LogP contribution is -2.42. The average Bonchev–Trinajstić information content (AvgIpc) is 3.15. The second-order valence-corrected chi connectivity index (χ2v) is 8.67. The molecule has 6 heteroatoms. The van der Waals surface area contributed by atoms with Crippen LogP contribution in [0.4, 0.5) is 4.79 Å². The van der Waals surface area contributed by atoms with Gasteiger partial charge in [0.25, 0.3) is 5.91 Å². The lowest BCUT2D eigenvalue weighted by atomic mass is 10.0. The normalized spacial score (nSPS) is 15.2. The topological polar surface area (TPSA) is 63.6 Å². The molecule has 2 amide bonds. The molecule has 6 nitrogen and oxygen atoms in total. The Labute approximate surface area is 172 Å². The molecule has 2 heterocycles. The van der Waals surface area contributed by atoms with Crippen molar-refractivity contribution >= 4 is 12.0 Å². The van der Waals surface area contributed by atoms with Crippen LogP contribution >= 0.6 is 0 Å². The predicted molar refractivity (Wildman–Crippen MR) is 113 cm³/mol. The number of benzene rings is 1. The van der Waals surface area contributed by atoms with E-state index in [1.807, 2.05) is 68.8 Å². The monoisotopic (exact) mass is 397 g/mol. The zero-order valence-corrected chi connectivity index (χ0v) is 17.8. The molecule has 0 saturated carbocycles. The number of nitrogens with one attached hydrogen (secondary N) is 1. The van der Waals surface area contributed by atoms with Gasteiger partial charge in [-0.2, -0.15) is 0 Å². The molecule has 3 rings (SSSR count). The van der Waals surface area contributed by atoms with Gasteiger partial charge in [-0.05, 0) is 58.2 Å². The second kappa shape index (κ2) is 8.72. The third kappa shape index (κ3) is 5.62. The van der Waals surface area contributed by atoms with Gasteiger partial charge < -0.3 is 19.5 Å². The first-order chi connectivity index (χ1) is 13.7. The molecular formula is C23H31N3O3. The number of carbonyl (C=O) groups is 2. The standard InChI is InChI=1S/C23H31N3O3/c1-17-7-5-8-18(15-17)16-24-21(27)20-9-6-12-26(20)19-10-13-25(14-11-19)22(28)29-23(2,3)4/h5-9,12,15,19H,10-11,13-14,16H2,1-4H3,(H,24,27). The predicted octanol–water partition coefficient (Wildman–Crippen LogP) is 4.30. The van der Waals surface area contributed by atoms with Gasteiger partial charge in [0.1, 0.15) is 11.3 Å². The van der Waals surface area contributed by atoms with Crippen molar-refractivity contribution in [3.63, 3.8) is 0 Å². The molecule has 29 heavy (non-hydrogen) atoms. The molecule has 0 aliphatic carbocycles. The van der Waals surface area contributed by atoms with Crippen LogP contribution in [-0.4, -0.2) is 40.2 Å². The summed E-state index contributed by atoms with van der Waals surface area (Å²) in [5.74, 6) is -0.0777. The first kappa shape index (κ1) is 21.0. The molecule has 0 spiro atoms. The third-order valence-electron chi connectivity index (χ3n) is 5.06. The van der Waals surface area contributed by atoms with Gasteiger partial charge in [-0.25, -0.2) is 4.79 Å². The van der Waals surface area contributed by atoms with Crippen molar-refractivity contribution in [2.45, 2.75) is 58.7 Å². The minimum Gasteiger partial charge on any atom is -0.444 e. The van der Waals surface area contributed by atoms with E-state index in [1.165, 1.54) is 5.56 Å². The van der Waals surface area contributed by atoms with Crippen molar-refractivity contribution in [1.82, 2.24) is 14.8 Å². The van der Waals surface area contributed by atoms with E-state index < -0.39 is 5.60 Å². The Balaban J connectivity index is 1.57. The highest BCUT2D eigenvalue weighted by Crippen LogP contribution is 2.25. The number of carbonyl (C=O) groups excluding carboxylic acids is 2. The number of hydrogen-bond acceptors (Lipinski definition) is 3. The third-order valence-corrected chi connectivity index (χ3v) is 5.06. The second-order valence-electron chi connectivity index (χ2n) is 8.67. The van der Waals surface area contributed by atoms with Gasteiger partial charge in [0, 0.05) is 31.9 Å². The van der Waals surface area contributed by atoms with E-state index in [4.69, 9.17) is 4.74 Å². The fraction of sp³-hybridized carbons (Fsp3) is 0.478.